The number of rotatable bonds is 7. The second-order valence-electron chi connectivity index (χ2n) is 6.16. The molecule has 2 heteroatoms. The Bertz CT molecular complexity index is 405. The van der Waals surface area contributed by atoms with Gasteiger partial charge in [-0.25, -0.2) is 0 Å². The van der Waals surface area contributed by atoms with Crippen molar-refractivity contribution >= 4 is 5.69 Å². The fourth-order valence-electron chi connectivity index (χ4n) is 3.09. The van der Waals surface area contributed by atoms with Crippen molar-refractivity contribution in [2.24, 2.45) is 11.3 Å². The number of hydrogen-bond acceptors (Lipinski definition) is 2. The monoisotopic (exact) mass is 244 g/mol. The van der Waals surface area contributed by atoms with Crippen LogP contribution in [0.25, 0.3) is 0 Å². The van der Waals surface area contributed by atoms with E-state index in [1.54, 1.807) is 0 Å². The van der Waals surface area contributed by atoms with Crippen LogP contribution in [0.1, 0.15) is 37.7 Å². The Labute approximate surface area is 110 Å². The van der Waals surface area contributed by atoms with Gasteiger partial charge in [-0.05, 0) is 74.1 Å². The Morgan fingerprint density at radius 2 is 2.11 bits per heavy atom. The van der Waals surface area contributed by atoms with Gasteiger partial charge in [-0.2, -0.15) is 0 Å². The number of benzene rings is 1. The quantitative estimate of drug-likeness (QED) is 0.571. The van der Waals surface area contributed by atoms with Crippen LogP contribution >= 0.6 is 0 Å². The van der Waals surface area contributed by atoms with Crippen molar-refractivity contribution in [2.75, 3.05) is 18.8 Å². The molecule has 0 aliphatic heterocycles. The van der Waals surface area contributed by atoms with Crippen LogP contribution < -0.4 is 11.1 Å². The summed E-state index contributed by atoms with van der Waals surface area (Å²) >= 11 is 0. The fraction of sp³-hybridized carbons (Fsp3) is 0.625. The first kappa shape index (κ1) is 12.0. The van der Waals surface area contributed by atoms with Crippen molar-refractivity contribution in [1.82, 2.24) is 5.32 Å². The second kappa shape index (κ2) is 4.93. The molecule has 2 saturated carbocycles. The molecule has 2 aliphatic rings. The van der Waals surface area contributed by atoms with Crippen LogP contribution in [0.4, 0.5) is 5.69 Å². The SMILES string of the molecule is Nc1cccc(CCCNCC2(C3CC3)CC2)c1. The van der Waals surface area contributed by atoms with Crippen LogP contribution in [0, 0.1) is 11.3 Å². The highest BCUT2D eigenvalue weighted by Crippen LogP contribution is 2.60. The molecule has 0 amide bonds. The minimum Gasteiger partial charge on any atom is -0.399 e. The molecule has 98 valence electrons. The highest BCUT2D eigenvalue weighted by molar-refractivity contribution is 5.40. The maximum absolute atomic E-state index is 5.78. The number of aryl methyl sites for hydroxylation is 1. The smallest absolute Gasteiger partial charge is 0.0316 e. The van der Waals surface area contributed by atoms with E-state index in [-0.39, 0.29) is 0 Å². The number of anilines is 1. The molecule has 1 aromatic rings. The molecule has 1 aromatic carbocycles. The van der Waals surface area contributed by atoms with Crippen molar-refractivity contribution in [1.29, 1.82) is 0 Å². The molecule has 3 N–H and O–H groups in total. The van der Waals surface area contributed by atoms with E-state index in [0.717, 1.165) is 30.0 Å². The zero-order valence-corrected chi connectivity index (χ0v) is 11.1. The molecule has 0 unspecified atom stereocenters. The van der Waals surface area contributed by atoms with E-state index in [1.807, 2.05) is 12.1 Å². The number of nitrogen functional groups attached to an aromatic ring is 1. The highest BCUT2D eigenvalue weighted by atomic mass is 14.9. The summed E-state index contributed by atoms with van der Waals surface area (Å²) in [5.41, 5.74) is 8.75. The molecule has 0 atom stereocenters. The van der Waals surface area contributed by atoms with Gasteiger partial charge in [0, 0.05) is 12.2 Å². The molecule has 0 spiro atoms. The summed E-state index contributed by atoms with van der Waals surface area (Å²) in [5.74, 6) is 1.07. The van der Waals surface area contributed by atoms with Crippen molar-refractivity contribution in [3.05, 3.63) is 29.8 Å². The van der Waals surface area contributed by atoms with Crippen LogP contribution in [0.2, 0.25) is 0 Å². The molecule has 0 radical (unpaired) electrons. The van der Waals surface area contributed by atoms with E-state index in [4.69, 9.17) is 5.73 Å². The number of hydrogen-bond donors (Lipinski definition) is 2. The van der Waals surface area contributed by atoms with Gasteiger partial charge in [0.05, 0.1) is 0 Å². The van der Waals surface area contributed by atoms with Crippen molar-refractivity contribution < 1.29 is 0 Å². The number of nitrogens with one attached hydrogen (secondary N) is 1. The third-order valence-electron chi connectivity index (χ3n) is 4.58. The van der Waals surface area contributed by atoms with Crippen LogP contribution in [0.3, 0.4) is 0 Å². The minimum atomic E-state index is 0.733. The zero-order valence-electron chi connectivity index (χ0n) is 11.1. The van der Waals surface area contributed by atoms with Crippen molar-refractivity contribution in [3.8, 4) is 0 Å². The van der Waals surface area contributed by atoms with E-state index in [2.05, 4.69) is 17.4 Å². The van der Waals surface area contributed by atoms with Gasteiger partial charge in [-0.15, -0.1) is 0 Å². The average molecular weight is 244 g/mol. The topological polar surface area (TPSA) is 38.0 Å². The Hall–Kier alpha value is -1.02. The first-order valence-corrected chi connectivity index (χ1v) is 7.34. The molecule has 2 aliphatic carbocycles. The van der Waals surface area contributed by atoms with Gasteiger partial charge in [0.25, 0.3) is 0 Å². The normalized spacial score (nSPS) is 20.9. The van der Waals surface area contributed by atoms with E-state index < -0.39 is 0 Å². The van der Waals surface area contributed by atoms with Gasteiger partial charge in [0.15, 0.2) is 0 Å². The largest absolute Gasteiger partial charge is 0.399 e. The summed E-state index contributed by atoms with van der Waals surface area (Å²) < 4.78 is 0. The Kier molecular flexibility index (Phi) is 3.29. The van der Waals surface area contributed by atoms with Gasteiger partial charge >= 0.3 is 0 Å². The summed E-state index contributed by atoms with van der Waals surface area (Å²) in [6, 6.07) is 8.26. The summed E-state index contributed by atoms with van der Waals surface area (Å²) in [7, 11) is 0. The predicted octanol–water partition coefficient (Wildman–Crippen LogP) is 2.98. The molecule has 0 heterocycles. The predicted molar refractivity (Wildman–Crippen MR) is 76.4 cm³/mol. The Balaban J connectivity index is 1.33. The fourth-order valence-corrected chi connectivity index (χ4v) is 3.09. The van der Waals surface area contributed by atoms with Crippen LogP contribution in [-0.2, 0) is 6.42 Å². The minimum absolute atomic E-state index is 0.733. The third kappa shape index (κ3) is 2.86. The molecule has 0 aromatic heterocycles. The van der Waals surface area contributed by atoms with Gasteiger partial charge in [0.2, 0.25) is 0 Å². The highest BCUT2D eigenvalue weighted by Gasteiger charge is 2.52. The molecular weight excluding hydrogens is 220 g/mol. The van der Waals surface area contributed by atoms with Crippen molar-refractivity contribution in [3.63, 3.8) is 0 Å². The molecule has 3 rings (SSSR count). The van der Waals surface area contributed by atoms with Gasteiger partial charge in [0.1, 0.15) is 0 Å². The lowest BCUT2D eigenvalue weighted by molar-refractivity contribution is 0.403. The summed E-state index contributed by atoms with van der Waals surface area (Å²) in [6.07, 6.45) is 8.27. The van der Waals surface area contributed by atoms with Crippen LogP contribution in [-0.4, -0.2) is 13.1 Å². The third-order valence-corrected chi connectivity index (χ3v) is 4.58. The zero-order chi connectivity index (χ0) is 12.4. The van der Waals surface area contributed by atoms with Crippen molar-refractivity contribution in [2.45, 2.75) is 38.5 Å². The van der Waals surface area contributed by atoms with E-state index in [1.165, 1.54) is 44.2 Å². The first-order valence-electron chi connectivity index (χ1n) is 7.34. The Morgan fingerprint density at radius 1 is 1.28 bits per heavy atom. The molecule has 18 heavy (non-hydrogen) atoms. The van der Waals surface area contributed by atoms with E-state index >= 15 is 0 Å². The Morgan fingerprint density at radius 3 is 2.78 bits per heavy atom. The van der Waals surface area contributed by atoms with Gasteiger partial charge in [-0.1, -0.05) is 12.1 Å². The second-order valence-corrected chi connectivity index (χ2v) is 6.16. The standard InChI is InChI=1S/C16H24N2/c17-15-5-1-3-13(11-15)4-2-10-18-12-16(8-9-16)14-6-7-14/h1,3,5,11,14,18H,2,4,6-10,12,17H2. The first-order chi connectivity index (χ1) is 8.78. The number of nitrogens with two attached hydrogens (primary N) is 1. The average Bonchev–Trinajstić information content (AvgIpc) is 3.22. The lowest BCUT2D eigenvalue weighted by atomic mass is 10.0. The van der Waals surface area contributed by atoms with E-state index in [0.29, 0.717) is 0 Å². The van der Waals surface area contributed by atoms with Crippen LogP contribution in [0.5, 0.6) is 0 Å². The maximum Gasteiger partial charge on any atom is 0.0316 e. The van der Waals surface area contributed by atoms with Gasteiger partial charge in [-0.3, -0.25) is 0 Å². The lowest BCUT2D eigenvalue weighted by Gasteiger charge is -2.14. The molecule has 0 saturated heterocycles. The van der Waals surface area contributed by atoms with Gasteiger partial charge < -0.3 is 11.1 Å². The van der Waals surface area contributed by atoms with Crippen LogP contribution in [0.15, 0.2) is 24.3 Å². The molecule has 2 fully saturated rings. The molecule has 2 nitrogen and oxygen atoms in total. The summed E-state index contributed by atoms with van der Waals surface area (Å²) in [5, 5.41) is 3.66. The van der Waals surface area contributed by atoms with E-state index in [9.17, 15) is 0 Å². The summed E-state index contributed by atoms with van der Waals surface area (Å²) in [6.45, 7) is 2.40. The molecule has 0 bridgehead atoms. The maximum atomic E-state index is 5.78. The lowest BCUT2D eigenvalue weighted by Crippen LogP contribution is -2.26. The molecular formula is C16H24N2. The summed E-state index contributed by atoms with van der Waals surface area (Å²) in [4.78, 5) is 0.